The Balaban J connectivity index is 1.72. The molecule has 0 radical (unpaired) electrons. The largest absolute Gasteiger partial charge is 0.352 e. The van der Waals surface area contributed by atoms with Gasteiger partial charge >= 0.3 is 0 Å². The number of amides is 1. The number of halogens is 1. The average Bonchev–Trinajstić information content (AvgIpc) is 2.56. The summed E-state index contributed by atoms with van der Waals surface area (Å²) in [6, 6.07) is 1.86. The van der Waals surface area contributed by atoms with Crippen molar-refractivity contribution in [3.63, 3.8) is 0 Å². The first-order valence-electron chi connectivity index (χ1n) is 5.28. The van der Waals surface area contributed by atoms with Crippen LogP contribution in [0.3, 0.4) is 0 Å². The molecule has 1 saturated carbocycles. The van der Waals surface area contributed by atoms with Crippen molar-refractivity contribution in [1.29, 1.82) is 0 Å². The van der Waals surface area contributed by atoms with Crippen molar-refractivity contribution >= 4 is 33.2 Å². The van der Waals surface area contributed by atoms with Crippen molar-refractivity contribution < 1.29 is 4.79 Å². The number of hydrogen-bond donors (Lipinski definition) is 1. The van der Waals surface area contributed by atoms with Crippen LogP contribution in [0.5, 0.6) is 0 Å². The molecule has 4 heteroatoms. The van der Waals surface area contributed by atoms with Crippen molar-refractivity contribution in [3.05, 3.63) is 20.8 Å². The zero-order valence-electron chi connectivity index (χ0n) is 8.46. The first-order chi connectivity index (χ1) is 7.25. The van der Waals surface area contributed by atoms with E-state index >= 15 is 0 Å². The third-order valence-electron chi connectivity index (χ3n) is 2.89. The van der Waals surface area contributed by atoms with Crippen LogP contribution in [0.2, 0.25) is 0 Å². The van der Waals surface area contributed by atoms with Gasteiger partial charge in [-0.05, 0) is 34.3 Å². The Morgan fingerprint density at radius 1 is 1.60 bits per heavy atom. The van der Waals surface area contributed by atoms with Gasteiger partial charge in [0.15, 0.2) is 0 Å². The van der Waals surface area contributed by atoms with Gasteiger partial charge in [0.25, 0.3) is 5.91 Å². The van der Waals surface area contributed by atoms with Crippen LogP contribution in [0.1, 0.15) is 36.0 Å². The van der Waals surface area contributed by atoms with E-state index in [0.717, 1.165) is 28.2 Å². The van der Waals surface area contributed by atoms with E-state index < -0.39 is 0 Å². The maximum Gasteiger partial charge on any atom is 0.252 e. The predicted octanol–water partition coefficient (Wildman–Crippen LogP) is 3.43. The van der Waals surface area contributed by atoms with E-state index in [1.54, 1.807) is 11.3 Å². The van der Waals surface area contributed by atoms with E-state index in [2.05, 4.69) is 21.2 Å². The molecule has 0 aromatic carbocycles. The Kier molecular flexibility index (Phi) is 3.81. The van der Waals surface area contributed by atoms with Gasteiger partial charge < -0.3 is 5.32 Å². The normalized spacial score (nSPS) is 16.1. The molecule has 82 valence electrons. The van der Waals surface area contributed by atoms with Crippen molar-refractivity contribution in [3.8, 4) is 0 Å². The molecule has 0 spiro atoms. The predicted molar refractivity (Wildman–Crippen MR) is 66.3 cm³/mol. The number of carbonyl (C=O) groups is 1. The van der Waals surface area contributed by atoms with E-state index in [1.807, 2.05) is 11.4 Å². The summed E-state index contributed by atoms with van der Waals surface area (Å²) in [7, 11) is 0. The molecule has 1 aliphatic rings. The molecule has 0 unspecified atom stereocenters. The summed E-state index contributed by atoms with van der Waals surface area (Å²) in [5, 5.41) is 4.84. The monoisotopic (exact) mass is 287 g/mol. The minimum atomic E-state index is 0.0521. The maximum absolute atomic E-state index is 11.6. The van der Waals surface area contributed by atoms with E-state index in [4.69, 9.17) is 0 Å². The molecular formula is C11H14BrNOS. The van der Waals surface area contributed by atoms with Crippen LogP contribution < -0.4 is 5.32 Å². The molecule has 0 saturated heterocycles. The van der Waals surface area contributed by atoms with E-state index in [9.17, 15) is 4.79 Å². The molecule has 0 aliphatic heterocycles. The van der Waals surface area contributed by atoms with Crippen molar-refractivity contribution in [2.75, 3.05) is 6.54 Å². The van der Waals surface area contributed by atoms with Crippen LogP contribution in [0.4, 0.5) is 0 Å². The van der Waals surface area contributed by atoms with Gasteiger partial charge in [-0.2, -0.15) is 0 Å². The Bertz CT molecular complexity index is 346. The molecule has 1 heterocycles. The quantitative estimate of drug-likeness (QED) is 0.903. The van der Waals surface area contributed by atoms with Crippen LogP contribution in [0.15, 0.2) is 15.2 Å². The Morgan fingerprint density at radius 2 is 2.40 bits per heavy atom. The molecule has 2 nitrogen and oxygen atoms in total. The lowest BCUT2D eigenvalue weighted by Gasteiger charge is -2.25. The van der Waals surface area contributed by atoms with Gasteiger partial charge in [-0.25, -0.2) is 0 Å². The lowest BCUT2D eigenvalue weighted by atomic mass is 9.83. The van der Waals surface area contributed by atoms with Gasteiger partial charge in [-0.15, -0.1) is 11.3 Å². The summed E-state index contributed by atoms with van der Waals surface area (Å²) in [4.78, 5) is 11.6. The fraction of sp³-hybridized carbons (Fsp3) is 0.545. The van der Waals surface area contributed by atoms with Crippen molar-refractivity contribution in [1.82, 2.24) is 5.32 Å². The number of carbonyl (C=O) groups excluding carboxylic acids is 1. The van der Waals surface area contributed by atoms with Crippen LogP contribution in [-0.4, -0.2) is 12.5 Å². The number of thiophene rings is 1. The highest BCUT2D eigenvalue weighted by molar-refractivity contribution is 9.11. The van der Waals surface area contributed by atoms with Crippen molar-refractivity contribution in [2.24, 2.45) is 5.92 Å². The van der Waals surface area contributed by atoms with Crippen LogP contribution >= 0.6 is 27.3 Å². The molecule has 1 N–H and O–H groups in total. The molecule has 2 rings (SSSR count). The van der Waals surface area contributed by atoms with Crippen LogP contribution in [-0.2, 0) is 0 Å². The summed E-state index contributed by atoms with van der Waals surface area (Å²) in [6.45, 7) is 0.816. The molecule has 1 amide bonds. The molecule has 1 aromatic heterocycles. The number of rotatable bonds is 4. The third-order valence-corrected chi connectivity index (χ3v) is 4.40. The highest BCUT2D eigenvalue weighted by Gasteiger charge is 2.17. The molecular weight excluding hydrogens is 274 g/mol. The lowest BCUT2D eigenvalue weighted by Crippen LogP contribution is -2.27. The molecule has 1 fully saturated rings. The highest BCUT2D eigenvalue weighted by Crippen LogP contribution is 2.28. The van der Waals surface area contributed by atoms with Gasteiger partial charge in [-0.1, -0.05) is 19.3 Å². The topological polar surface area (TPSA) is 29.1 Å². The lowest BCUT2D eigenvalue weighted by molar-refractivity contribution is 0.0949. The second kappa shape index (κ2) is 5.12. The summed E-state index contributed by atoms with van der Waals surface area (Å²) in [6.07, 6.45) is 5.20. The molecule has 0 atom stereocenters. The zero-order chi connectivity index (χ0) is 10.7. The highest BCUT2D eigenvalue weighted by atomic mass is 79.9. The van der Waals surface area contributed by atoms with Crippen molar-refractivity contribution in [2.45, 2.75) is 25.7 Å². The Labute approximate surface area is 102 Å². The van der Waals surface area contributed by atoms with Gasteiger partial charge in [0.2, 0.25) is 0 Å². The first-order valence-corrected chi connectivity index (χ1v) is 6.95. The smallest absolute Gasteiger partial charge is 0.252 e. The standard InChI is InChI=1S/C11H14BrNOS/c12-10-6-9(7-15-10)11(14)13-5-4-8-2-1-3-8/h6-8H,1-5H2,(H,13,14). The third kappa shape index (κ3) is 3.05. The van der Waals surface area contributed by atoms with Crippen LogP contribution in [0.25, 0.3) is 0 Å². The Morgan fingerprint density at radius 3 is 2.93 bits per heavy atom. The first kappa shape index (κ1) is 11.1. The fourth-order valence-electron chi connectivity index (χ4n) is 1.70. The summed E-state index contributed by atoms with van der Waals surface area (Å²) in [5.41, 5.74) is 0.764. The second-order valence-electron chi connectivity index (χ2n) is 3.98. The van der Waals surface area contributed by atoms with Gasteiger partial charge in [0.05, 0.1) is 9.35 Å². The molecule has 0 bridgehead atoms. The molecule has 15 heavy (non-hydrogen) atoms. The molecule has 1 aromatic rings. The fourth-order valence-corrected chi connectivity index (χ4v) is 2.84. The van der Waals surface area contributed by atoms with Gasteiger partial charge in [0.1, 0.15) is 0 Å². The summed E-state index contributed by atoms with van der Waals surface area (Å²) < 4.78 is 1.01. The van der Waals surface area contributed by atoms with Gasteiger partial charge in [0, 0.05) is 11.9 Å². The number of nitrogens with one attached hydrogen (secondary N) is 1. The van der Waals surface area contributed by atoms with E-state index in [-0.39, 0.29) is 5.91 Å². The Hall–Kier alpha value is -0.350. The number of hydrogen-bond acceptors (Lipinski definition) is 2. The SMILES string of the molecule is O=C(NCCC1CCC1)c1csc(Br)c1. The average molecular weight is 288 g/mol. The van der Waals surface area contributed by atoms with Crippen LogP contribution in [0, 0.1) is 5.92 Å². The summed E-state index contributed by atoms with van der Waals surface area (Å²) >= 11 is 4.89. The molecule has 1 aliphatic carbocycles. The minimum Gasteiger partial charge on any atom is -0.352 e. The van der Waals surface area contributed by atoms with Gasteiger partial charge in [-0.3, -0.25) is 4.79 Å². The minimum absolute atomic E-state index is 0.0521. The maximum atomic E-state index is 11.6. The zero-order valence-corrected chi connectivity index (χ0v) is 10.9. The van der Waals surface area contributed by atoms with E-state index in [1.165, 1.54) is 19.3 Å². The van der Waals surface area contributed by atoms with E-state index in [0.29, 0.717) is 0 Å². The summed E-state index contributed by atoms with van der Waals surface area (Å²) in [5.74, 6) is 0.913. The second-order valence-corrected chi connectivity index (χ2v) is 6.27.